The number of rotatable bonds is 8. The van der Waals surface area contributed by atoms with E-state index in [-0.39, 0.29) is 0 Å². The van der Waals surface area contributed by atoms with Gasteiger partial charge in [-0.1, -0.05) is 31.9 Å². The van der Waals surface area contributed by atoms with Crippen molar-refractivity contribution in [3.63, 3.8) is 0 Å². The maximum atomic E-state index is 12.0. The Bertz CT molecular complexity index is 892. The lowest BCUT2D eigenvalue weighted by Crippen LogP contribution is -2.28. The molecule has 0 aliphatic heterocycles. The molecule has 0 bridgehead atoms. The minimum absolute atomic E-state index is 0.499. The standard InChI is InChI=1S/C19H18Br4N4O3/c1-3-29-17-11(5-13(20)7-15(17)22)9-24-26-19(28)27-25-10-12-6-14(21)8-16(23)18(12)30-4-2/h5-10H,3-4H2,1-2H3,(H2,26,27,28). The molecule has 0 aliphatic carbocycles. The average molecular weight is 670 g/mol. The molecule has 0 radical (unpaired) electrons. The summed E-state index contributed by atoms with van der Waals surface area (Å²) in [6, 6.07) is 6.80. The van der Waals surface area contributed by atoms with Gasteiger partial charge in [0, 0.05) is 20.1 Å². The highest BCUT2D eigenvalue weighted by atomic mass is 79.9. The van der Waals surface area contributed by atoms with Crippen molar-refractivity contribution < 1.29 is 14.3 Å². The molecule has 160 valence electrons. The number of hydrazone groups is 2. The number of ether oxygens (including phenoxy) is 2. The van der Waals surface area contributed by atoms with E-state index in [1.807, 2.05) is 38.1 Å². The van der Waals surface area contributed by atoms with Gasteiger partial charge in [0.15, 0.2) is 0 Å². The lowest BCUT2D eigenvalue weighted by Gasteiger charge is -2.10. The van der Waals surface area contributed by atoms with Gasteiger partial charge in [-0.05, 0) is 70.0 Å². The van der Waals surface area contributed by atoms with Crippen LogP contribution in [0.5, 0.6) is 11.5 Å². The second-order valence-corrected chi connectivity index (χ2v) is 9.09. The number of carbonyl (C=O) groups excluding carboxylic acids is 1. The molecule has 2 amide bonds. The molecule has 0 atom stereocenters. The van der Waals surface area contributed by atoms with E-state index in [1.54, 1.807) is 0 Å². The van der Waals surface area contributed by atoms with E-state index in [9.17, 15) is 4.79 Å². The summed E-state index contributed by atoms with van der Waals surface area (Å²) >= 11 is 13.7. The first-order valence-corrected chi connectivity index (χ1v) is 11.9. The van der Waals surface area contributed by atoms with Crippen molar-refractivity contribution in [3.05, 3.63) is 53.3 Å². The highest BCUT2D eigenvalue weighted by molar-refractivity contribution is 9.11. The topological polar surface area (TPSA) is 84.3 Å². The summed E-state index contributed by atoms with van der Waals surface area (Å²) in [4.78, 5) is 12.0. The van der Waals surface area contributed by atoms with Crippen LogP contribution in [0.25, 0.3) is 0 Å². The van der Waals surface area contributed by atoms with Crippen molar-refractivity contribution in [1.82, 2.24) is 10.9 Å². The third-order valence-electron chi connectivity index (χ3n) is 3.39. The van der Waals surface area contributed by atoms with Crippen LogP contribution in [0.1, 0.15) is 25.0 Å². The fourth-order valence-corrected chi connectivity index (χ4v) is 5.04. The van der Waals surface area contributed by atoms with E-state index in [1.165, 1.54) is 12.4 Å². The molecule has 7 nitrogen and oxygen atoms in total. The molecular formula is C19H18Br4N4O3. The van der Waals surface area contributed by atoms with Gasteiger partial charge in [0.05, 0.1) is 34.6 Å². The van der Waals surface area contributed by atoms with Crippen LogP contribution in [0.4, 0.5) is 4.79 Å². The van der Waals surface area contributed by atoms with E-state index in [0.29, 0.717) is 35.8 Å². The quantitative estimate of drug-likeness (QED) is 0.259. The second-order valence-electron chi connectivity index (χ2n) is 5.55. The van der Waals surface area contributed by atoms with Crippen molar-refractivity contribution in [2.75, 3.05) is 13.2 Å². The first-order valence-electron chi connectivity index (χ1n) is 8.71. The number of nitrogens with one attached hydrogen (secondary N) is 2. The Morgan fingerprint density at radius 1 is 0.833 bits per heavy atom. The van der Waals surface area contributed by atoms with E-state index < -0.39 is 6.03 Å². The monoisotopic (exact) mass is 666 g/mol. The highest BCUT2D eigenvalue weighted by Gasteiger charge is 2.10. The molecule has 11 heteroatoms. The molecule has 0 spiro atoms. The predicted octanol–water partition coefficient (Wildman–Crippen LogP) is 6.20. The van der Waals surface area contributed by atoms with Gasteiger partial charge >= 0.3 is 6.03 Å². The Kier molecular flexibility index (Phi) is 10.3. The van der Waals surface area contributed by atoms with Gasteiger partial charge in [0.25, 0.3) is 0 Å². The maximum absolute atomic E-state index is 12.0. The third-order valence-corrected chi connectivity index (χ3v) is 5.48. The first-order chi connectivity index (χ1) is 14.3. The summed E-state index contributed by atoms with van der Waals surface area (Å²) in [5.74, 6) is 1.27. The summed E-state index contributed by atoms with van der Waals surface area (Å²) in [6.45, 7) is 4.78. The van der Waals surface area contributed by atoms with E-state index in [0.717, 1.165) is 17.9 Å². The van der Waals surface area contributed by atoms with Gasteiger partial charge < -0.3 is 9.47 Å². The summed E-state index contributed by atoms with van der Waals surface area (Å²) in [6.07, 6.45) is 2.98. The molecule has 2 aromatic carbocycles. The largest absolute Gasteiger partial charge is 0.492 e. The molecule has 0 aromatic heterocycles. The van der Waals surface area contributed by atoms with Gasteiger partial charge in [0.2, 0.25) is 0 Å². The molecule has 0 saturated heterocycles. The van der Waals surface area contributed by atoms with Gasteiger partial charge in [-0.25, -0.2) is 15.6 Å². The number of hydrogen-bond donors (Lipinski definition) is 2. The fourth-order valence-electron chi connectivity index (χ4n) is 2.29. The summed E-state index contributed by atoms with van der Waals surface area (Å²) in [7, 11) is 0. The van der Waals surface area contributed by atoms with Crippen LogP contribution in [-0.2, 0) is 0 Å². The fraction of sp³-hybridized carbons (Fsp3) is 0.211. The number of hydrogen-bond acceptors (Lipinski definition) is 5. The maximum Gasteiger partial charge on any atom is 0.355 e. The molecule has 0 fully saturated rings. The van der Waals surface area contributed by atoms with Gasteiger partial charge in [0.1, 0.15) is 11.5 Å². The molecular weight excluding hydrogens is 652 g/mol. The molecule has 2 rings (SSSR count). The minimum atomic E-state index is -0.596. The van der Waals surface area contributed by atoms with Crippen molar-refractivity contribution in [1.29, 1.82) is 0 Å². The van der Waals surface area contributed by atoms with Crippen molar-refractivity contribution in [2.24, 2.45) is 10.2 Å². The van der Waals surface area contributed by atoms with Crippen LogP contribution in [0.3, 0.4) is 0 Å². The van der Waals surface area contributed by atoms with Crippen LogP contribution < -0.4 is 20.3 Å². The van der Waals surface area contributed by atoms with Crippen molar-refractivity contribution in [2.45, 2.75) is 13.8 Å². The Morgan fingerprint density at radius 2 is 1.23 bits per heavy atom. The summed E-state index contributed by atoms with van der Waals surface area (Å²) in [5.41, 5.74) is 6.11. The molecule has 2 N–H and O–H groups in total. The van der Waals surface area contributed by atoms with Crippen LogP contribution in [0.15, 0.2) is 52.4 Å². The normalized spacial score (nSPS) is 11.1. The van der Waals surface area contributed by atoms with Crippen LogP contribution in [0.2, 0.25) is 0 Å². The third kappa shape index (κ3) is 7.36. The SMILES string of the molecule is CCOc1c(Br)cc(Br)cc1C=NNC(=O)NN=Cc1cc(Br)cc(Br)c1OCC. The zero-order valence-corrected chi connectivity index (χ0v) is 22.4. The molecule has 0 unspecified atom stereocenters. The van der Waals surface area contributed by atoms with Gasteiger partial charge in [-0.2, -0.15) is 10.2 Å². The molecule has 0 saturated carbocycles. The zero-order chi connectivity index (χ0) is 22.1. The van der Waals surface area contributed by atoms with Crippen molar-refractivity contribution in [3.8, 4) is 11.5 Å². The number of benzene rings is 2. The number of carbonyl (C=O) groups is 1. The summed E-state index contributed by atoms with van der Waals surface area (Å²) in [5, 5.41) is 7.89. The number of urea groups is 1. The van der Waals surface area contributed by atoms with E-state index in [2.05, 4.69) is 84.8 Å². The smallest absolute Gasteiger partial charge is 0.355 e. The van der Waals surface area contributed by atoms with E-state index >= 15 is 0 Å². The minimum Gasteiger partial charge on any atom is -0.492 e. The number of halogens is 4. The molecule has 30 heavy (non-hydrogen) atoms. The Balaban J connectivity index is 2.03. The van der Waals surface area contributed by atoms with E-state index in [4.69, 9.17) is 9.47 Å². The molecule has 2 aromatic rings. The van der Waals surface area contributed by atoms with Crippen molar-refractivity contribution >= 4 is 82.2 Å². The van der Waals surface area contributed by atoms with Crippen LogP contribution in [0, 0.1) is 0 Å². The van der Waals surface area contributed by atoms with Gasteiger partial charge in [-0.3, -0.25) is 0 Å². The molecule has 0 aliphatic rings. The zero-order valence-electron chi connectivity index (χ0n) is 16.0. The lowest BCUT2D eigenvalue weighted by molar-refractivity contribution is 0.242. The Hall–Kier alpha value is -1.43. The number of amides is 2. The predicted molar refractivity (Wildman–Crippen MR) is 133 cm³/mol. The number of nitrogens with zero attached hydrogens (tertiary/aromatic N) is 2. The van der Waals surface area contributed by atoms with Crippen LogP contribution >= 0.6 is 63.7 Å². The summed E-state index contributed by atoms with van der Waals surface area (Å²) < 4.78 is 14.5. The van der Waals surface area contributed by atoms with Crippen LogP contribution in [-0.4, -0.2) is 31.7 Å². The highest BCUT2D eigenvalue weighted by Crippen LogP contribution is 2.33. The Morgan fingerprint density at radius 3 is 1.60 bits per heavy atom. The molecule has 0 heterocycles. The Labute approximate surface area is 208 Å². The average Bonchev–Trinajstić information content (AvgIpc) is 2.67. The lowest BCUT2D eigenvalue weighted by atomic mass is 10.2. The second kappa shape index (κ2) is 12.4. The first kappa shape index (κ1) is 24.8. The van der Waals surface area contributed by atoms with Gasteiger partial charge in [-0.15, -0.1) is 0 Å².